The fourth-order valence-electron chi connectivity index (χ4n) is 3.60. The fraction of sp³-hybridized carbons (Fsp3) is 0.318. The van der Waals surface area contributed by atoms with E-state index in [2.05, 4.69) is 10.6 Å². The Bertz CT molecular complexity index is 851. The Kier molecular flexibility index (Phi) is 6.06. The van der Waals surface area contributed by atoms with Gasteiger partial charge in [0.2, 0.25) is 0 Å². The molecule has 156 valence electrons. The molecule has 0 spiro atoms. The van der Waals surface area contributed by atoms with Crippen LogP contribution in [-0.2, 0) is 19.1 Å². The highest BCUT2D eigenvalue weighted by atomic mass is 16.5. The number of carbonyl (C=O) groups is 3. The van der Waals surface area contributed by atoms with Crippen molar-refractivity contribution in [2.24, 2.45) is 0 Å². The van der Waals surface area contributed by atoms with Gasteiger partial charge < -0.3 is 25.0 Å². The molecule has 2 heterocycles. The Labute approximate surface area is 174 Å². The fourth-order valence-corrected chi connectivity index (χ4v) is 3.60. The Morgan fingerprint density at radius 3 is 2.13 bits per heavy atom. The van der Waals surface area contributed by atoms with E-state index in [1.165, 1.54) is 0 Å². The number of Topliss-reactive ketones (excluding diaryl/α,β-unsaturated/α-hetero) is 1. The molecule has 2 aliphatic heterocycles. The molecular weight excluding hydrogens is 386 g/mol. The van der Waals surface area contributed by atoms with Crippen LogP contribution in [0.4, 0.5) is 21.9 Å². The van der Waals surface area contributed by atoms with Crippen molar-refractivity contribution in [3.63, 3.8) is 0 Å². The zero-order valence-corrected chi connectivity index (χ0v) is 16.4. The summed E-state index contributed by atoms with van der Waals surface area (Å²) in [5.41, 5.74) is 2.95. The minimum atomic E-state index is -0.375. The maximum atomic E-state index is 12.3. The first-order valence-corrected chi connectivity index (χ1v) is 9.87. The van der Waals surface area contributed by atoms with Crippen LogP contribution in [0.3, 0.4) is 0 Å². The summed E-state index contributed by atoms with van der Waals surface area (Å²) < 4.78 is 10.3. The van der Waals surface area contributed by atoms with E-state index in [1.54, 1.807) is 41.3 Å². The van der Waals surface area contributed by atoms with Crippen LogP contribution in [0.15, 0.2) is 48.5 Å². The van der Waals surface area contributed by atoms with Crippen LogP contribution in [0, 0.1) is 0 Å². The number of anilines is 3. The summed E-state index contributed by atoms with van der Waals surface area (Å²) >= 11 is 0. The van der Waals surface area contributed by atoms with Crippen molar-refractivity contribution in [3.8, 4) is 0 Å². The van der Waals surface area contributed by atoms with Gasteiger partial charge in [0.05, 0.1) is 6.61 Å². The van der Waals surface area contributed by atoms with Crippen molar-refractivity contribution >= 4 is 34.8 Å². The number of carbonyl (C=O) groups excluding carboxylic acids is 3. The lowest BCUT2D eigenvalue weighted by Gasteiger charge is -2.26. The average Bonchev–Trinajstić information content (AvgIpc) is 2.76. The largest absolute Gasteiger partial charge is 0.374 e. The molecule has 0 radical (unpaired) electrons. The minimum absolute atomic E-state index is 0.0781. The number of ether oxygens (including phenoxy) is 2. The van der Waals surface area contributed by atoms with Gasteiger partial charge in [0.25, 0.3) is 5.91 Å². The number of urea groups is 1. The number of morpholine rings is 1. The number of hydrogen-bond acceptors (Lipinski definition) is 5. The molecule has 2 aromatic rings. The summed E-state index contributed by atoms with van der Waals surface area (Å²) in [4.78, 5) is 37.8. The van der Waals surface area contributed by atoms with Crippen molar-refractivity contribution in [2.45, 2.75) is 12.3 Å². The van der Waals surface area contributed by atoms with Gasteiger partial charge in [-0.3, -0.25) is 9.59 Å². The number of benzene rings is 2. The lowest BCUT2D eigenvalue weighted by Crippen LogP contribution is -2.41. The maximum absolute atomic E-state index is 12.3. The molecule has 30 heavy (non-hydrogen) atoms. The molecule has 1 unspecified atom stereocenters. The van der Waals surface area contributed by atoms with Crippen molar-refractivity contribution in [2.75, 3.05) is 48.5 Å². The zero-order valence-electron chi connectivity index (χ0n) is 16.4. The van der Waals surface area contributed by atoms with Crippen LogP contribution < -0.4 is 15.5 Å². The molecule has 4 rings (SSSR count). The summed E-state index contributed by atoms with van der Waals surface area (Å²) in [7, 11) is 0. The summed E-state index contributed by atoms with van der Waals surface area (Å²) in [6.45, 7) is 1.85. The van der Waals surface area contributed by atoms with E-state index in [0.29, 0.717) is 37.6 Å². The van der Waals surface area contributed by atoms with E-state index in [9.17, 15) is 14.4 Å². The van der Waals surface area contributed by atoms with Gasteiger partial charge in [0.15, 0.2) is 5.78 Å². The summed E-state index contributed by atoms with van der Waals surface area (Å²) in [6.07, 6.45) is 0.679. The summed E-state index contributed by atoms with van der Waals surface area (Å²) in [5, 5.41) is 5.54. The normalized spacial score (nSPS) is 19.5. The number of hydrogen-bond donors (Lipinski definition) is 2. The molecule has 0 aliphatic carbocycles. The molecule has 0 aromatic heterocycles. The van der Waals surface area contributed by atoms with E-state index < -0.39 is 0 Å². The molecule has 0 saturated carbocycles. The van der Waals surface area contributed by atoms with Crippen molar-refractivity contribution in [3.05, 3.63) is 54.1 Å². The maximum Gasteiger partial charge on any atom is 0.323 e. The summed E-state index contributed by atoms with van der Waals surface area (Å²) in [6, 6.07) is 14.0. The van der Waals surface area contributed by atoms with Crippen LogP contribution in [0.1, 0.15) is 17.9 Å². The van der Waals surface area contributed by atoms with Crippen molar-refractivity contribution in [1.82, 2.24) is 0 Å². The quantitative estimate of drug-likeness (QED) is 0.809. The highest BCUT2D eigenvalue weighted by Crippen LogP contribution is 2.25. The molecule has 8 nitrogen and oxygen atoms in total. The first-order chi connectivity index (χ1) is 14.6. The third kappa shape index (κ3) is 4.67. The molecule has 2 aromatic carbocycles. The van der Waals surface area contributed by atoms with Crippen LogP contribution >= 0.6 is 0 Å². The number of nitrogens with one attached hydrogen (secondary N) is 2. The Balaban J connectivity index is 1.33. The Hall–Kier alpha value is -3.23. The minimum Gasteiger partial charge on any atom is -0.374 e. The van der Waals surface area contributed by atoms with Gasteiger partial charge in [-0.05, 0) is 48.4 Å². The lowest BCUT2D eigenvalue weighted by molar-refractivity contribution is -0.129. The molecule has 8 heteroatoms. The van der Waals surface area contributed by atoms with Gasteiger partial charge in [0, 0.05) is 36.1 Å². The van der Waals surface area contributed by atoms with Crippen LogP contribution in [-0.4, -0.2) is 50.7 Å². The monoisotopic (exact) mass is 409 g/mol. The Morgan fingerprint density at radius 2 is 1.50 bits per heavy atom. The van der Waals surface area contributed by atoms with Gasteiger partial charge >= 0.3 is 6.03 Å². The molecule has 2 saturated heterocycles. The second-order valence-electron chi connectivity index (χ2n) is 7.21. The topological polar surface area (TPSA) is 97.0 Å². The molecule has 2 N–H and O–H groups in total. The van der Waals surface area contributed by atoms with E-state index in [-0.39, 0.29) is 36.9 Å². The molecule has 3 amide bonds. The number of nitrogens with zero attached hydrogens (tertiary/aromatic N) is 1. The van der Waals surface area contributed by atoms with E-state index in [4.69, 9.17) is 9.47 Å². The smallest absolute Gasteiger partial charge is 0.323 e. The third-order valence-electron chi connectivity index (χ3n) is 5.18. The zero-order chi connectivity index (χ0) is 20.9. The second kappa shape index (κ2) is 9.06. The number of rotatable bonds is 4. The molecular formula is C22H23N3O5. The van der Waals surface area contributed by atoms with E-state index in [0.717, 1.165) is 11.3 Å². The Morgan fingerprint density at radius 1 is 0.867 bits per heavy atom. The highest BCUT2D eigenvalue weighted by Gasteiger charge is 2.24. The van der Waals surface area contributed by atoms with Gasteiger partial charge in [-0.25, -0.2) is 4.79 Å². The van der Waals surface area contributed by atoms with Crippen LogP contribution in [0.5, 0.6) is 0 Å². The predicted molar refractivity (Wildman–Crippen MR) is 112 cm³/mol. The van der Waals surface area contributed by atoms with Gasteiger partial charge in [-0.2, -0.15) is 0 Å². The SMILES string of the molecule is O=C(Nc1ccc(C2CCOCC2=O)cc1)Nc1ccc(N2CCOCC2=O)cc1. The third-order valence-corrected chi connectivity index (χ3v) is 5.18. The second-order valence-corrected chi connectivity index (χ2v) is 7.21. The molecule has 0 bridgehead atoms. The number of amides is 3. The predicted octanol–water partition coefficient (Wildman–Crippen LogP) is 2.77. The van der Waals surface area contributed by atoms with Gasteiger partial charge in [-0.15, -0.1) is 0 Å². The first kappa shape index (κ1) is 20.1. The van der Waals surface area contributed by atoms with Crippen molar-refractivity contribution in [1.29, 1.82) is 0 Å². The van der Waals surface area contributed by atoms with Crippen LogP contribution in [0.2, 0.25) is 0 Å². The van der Waals surface area contributed by atoms with Gasteiger partial charge in [0.1, 0.15) is 13.2 Å². The van der Waals surface area contributed by atoms with Gasteiger partial charge in [-0.1, -0.05) is 12.1 Å². The van der Waals surface area contributed by atoms with E-state index >= 15 is 0 Å². The average molecular weight is 409 g/mol. The summed E-state index contributed by atoms with van der Waals surface area (Å²) in [5.74, 6) is -0.133. The lowest BCUT2D eigenvalue weighted by atomic mass is 9.90. The standard InChI is InChI=1S/C22H23N3O5/c26-20-13-29-11-9-19(20)15-1-3-16(4-2-15)23-22(28)24-17-5-7-18(8-6-17)25-10-12-30-14-21(25)27/h1-8,19H,9-14H2,(H2,23,24,28). The van der Waals surface area contributed by atoms with Crippen molar-refractivity contribution < 1.29 is 23.9 Å². The molecule has 2 fully saturated rings. The molecule has 2 aliphatic rings. The molecule has 1 atom stereocenters. The van der Waals surface area contributed by atoms with Crippen LogP contribution in [0.25, 0.3) is 0 Å². The number of ketones is 1. The van der Waals surface area contributed by atoms with E-state index in [1.807, 2.05) is 12.1 Å². The highest BCUT2D eigenvalue weighted by molar-refractivity contribution is 6.00. The first-order valence-electron chi connectivity index (χ1n) is 9.87.